The van der Waals surface area contributed by atoms with E-state index in [1.807, 2.05) is 12.1 Å². The van der Waals surface area contributed by atoms with Crippen molar-refractivity contribution in [2.75, 3.05) is 11.1 Å². The Morgan fingerprint density at radius 2 is 1.62 bits per heavy atom. The number of benzene rings is 2. The predicted octanol–water partition coefficient (Wildman–Crippen LogP) is 1.48. The van der Waals surface area contributed by atoms with Gasteiger partial charge in [-0.2, -0.15) is 0 Å². The Kier molecular flexibility index (Phi) is 4.56. The highest BCUT2D eigenvalue weighted by Gasteiger charge is 2.09. The van der Waals surface area contributed by atoms with Crippen molar-refractivity contribution in [2.45, 2.75) is 12.8 Å². The molecule has 0 saturated heterocycles. The molecule has 5 nitrogen and oxygen atoms in total. The summed E-state index contributed by atoms with van der Waals surface area (Å²) in [7, 11) is 0. The first-order chi connectivity index (χ1) is 10.0. The summed E-state index contributed by atoms with van der Waals surface area (Å²) in [6, 6.07) is 14.2. The number of nitrogens with two attached hydrogens (primary N) is 2. The van der Waals surface area contributed by atoms with Crippen LogP contribution in [0, 0.1) is 0 Å². The van der Waals surface area contributed by atoms with Crippen molar-refractivity contribution < 1.29 is 9.59 Å². The summed E-state index contributed by atoms with van der Waals surface area (Å²) >= 11 is 0. The highest BCUT2D eigenvalue weighted by molar-refractivity contribution is 5.93. The molecule has 2 rings (SSSR count). The second-order valence-corrected chi connectivity index (χ2v) is 4.77. The number of nitrogen functional groups attached to an aromatic ring is 1. The quantitative estimate of drug-likeness (QED) is 0.725. The van der Waals surface area contributed by atoms with E-state index >= 15 is 0 Å². The van der Waals surface area contributed by atoms with Crippen LogP contribution >= 0.6 is 0 Å². The van der Waals surface area contributed by atoms with Gasteiger partial charge in [-0.15, -0.1) is 0 Å². The van der Waals surface area contributed by atoms with Gasteiger partial charge in [0.05, 0.1) is 12.8 Å². The zero-order chi connectivity index (χ0) is 15.2. The molecule has 5 N–H and O–H groups in total. The molecule has 108 valence electrons. The first-order valence-corrected chi connectivity index (χ1v) is 6.55. The number of nitrogens with one attached hydrogen (secondary N) is 1. The average Bonchev–Trinajstić information content (AvgIpc) is 2.43. The molecule has 0 atom stereocenters. The lowest BCUT2D eigenvalue weighted by Gasteiger charge is -2.10. The molecule has 2 aromatic carbocycles. The fourth-order valence-electron chi connectivity index (χ4n) is 2.00. The summed E-state index contributed by atoms with van der Waals surface area (Å²) in [6.07, 6.45) is 0.337. The van der Waals surface area contributed by atoms with Gasteiger partial charge in [0.25, 0.3) is 0 Å². The lowest BCUT2D eigenvalue weighted by Crippen LogP contribution is -2.18. The average molecular weight is 283 g/mol. The molecule has 0 aliphatic carbocycles. The summed E-state index contributed by atoms with van der Waals surface area (Å²) in [5.74, 6) is -0.591. The number of carbonyl (C=O) groups excluding carboxylic acids is 2. The van der Waals surface area contributed by atoms with Gasteiger partial charge >= 0.3 is 0 Å². The molecule has 2 aromatic rings. The number of para-hydroxylation sites is 1. The van der Waals surface area contributed by atoms with E-state index in [1.54, 1.807) is 36.4 Å². The van der Waals surface area contributed by atoms with Crippen molar-refractivity contribution in [2.24, 2.45) is 5.73 Å². The lowest BCUT2D eigenvalue weighted by molar-refractivity contribution is -0.117. The van der Waals surface area contributed by atoms with Gasteiger partial charge in [-0.05, 0) is 29.3 Å². The maximum Gasteiger partial charge on any atom is 0.228 e. The maximum atomic E-state index is 12.0. The molecular weight excluding hydrogens is 266 g/mol. The molecular formula is C16H17N3O2. The Labute approximate surface area is 123 Å². The zero-order valence-corrected chi connectivity index (χ0v) is 11.5. The summed E-state index contributed by atoms with van der Waals surface area (Å²) in [4.78, 5) is 23.1. The third kappa shape index (κ3) is 4.35. The summed E-state index contributed by atoms with van der Waals surface area (Å²) in [6.45, 7) is 0. The number of rotatable bonds is 5. The van der Waals surface area contributed by atoms with Crippen molar-refractivity contribution in [3.63, 3.8) is 0 Å². The predicted molar refractivity (Wildman–Crippen MR) is 82.5 cm³/mol. The lowest BCUT2D eigenvalue weighted by atomic mass is 10.1. The molecule has 0 aliphatic heterocycles. The van der Waals surface area contributed by atoms with E-state index in [2.05, 4.69) is 5.32 Å². The van der Waals surface area contributed by atoms with Crippen molar-refractivity contribution in [3.8, 4) is 0 Å². The Morgan fingerprint density at radius 1 is 0.952 bits per heavy atom. The smallest absolute Gasteiger partial charge is 0.228 e. The van der Waals surface area contributed by atoms with Crippen LogP contribution in [0.15, 0.2) is 48.5 Å². The van der Waals surface area contributed by atoms with Gasteiger partial charge in [-0.1, -0.05) is 30.3 Å². The van der Waals surface area contributed by atoms with Crippen LogP contribution in [0.25, 0.3) is 0 Å². The van der Waals surface area contributed by atoms with E-state index in [4.69, 9.17) is 11.5 Å². The summed E-state index contributed by atoms with van der Waals surface area (Å²) in [5, 5.41) is 2.80. The Balaban J connectivity index is 2.05. The summed E-state index contributed by atoms with van der Waals surface area (Å²) < 4.78 is 0. The number of hydrogen-bond acceptors (Lipinski definition) is 3. The molecule has 21 heavy (non-hydrogen) atoms. The van der Waals surface area contributed by atoms with E-state index < -0.39 is 5.91 Å². The third-order valence-electron chi connectivity index (χ3n) is 3.00. The first kappa shape index (κ1) is 14.6. The Morgan fingerprint density at radius 3 is 2.29 bits per heavy atom. The minimum Gasteiger partial charge on any atom is -0.399 e. The molecule has 0 saturated carbocycles. The molecule has 5 heteroatoms. The highest BCUT2D eigenvalue weighted by atomic mass is 16.2. The SMILES string of the molecule is NC(=O)Cc1ccccc1NC(=O)Cc1ccc(N)cc1. The van der Waals surface area contributed by atoms with Crippen LogP contribution < -0.4 is 16.8 Å². The standard InChI is InChI=1S/C16H17N3O2/c17-13-7-5-11(6-8-13)9-16(21)19-14-4-2-1-3-12(14)10-15(18)20/h1-8H,9-10,17H2,(H2,18,20)(H,19,21). The molecule has 0 aliphatic rings. The highest BCUT2D eigenvalue weighted by Crippen LogP contribution is 2.16. The molecule has 0 spiro atoms. The van der Waals surface area contributed by atoms with Crippen LogP contribution in [0.5, 0.6) is 0 Å². The van der Waals surface area contributed by atoms with E-state index in [0.29, 0.717) is 16.9 Å². The molecule has 0 bridgehead atoms. The molecule has 0 fully saturated rings. The topological polar surface area (TPSA) is 98.2 Å². The van der Waals surface area contributed by atoms with Crippen molar-refractivity contribution in [1.29, 1.82) is 0 Å². The number of primary amides is 1. The first-order valence-electron chi connectivity index (χ1n) is 6.55. The normalized spacial score (nSPS) is 10.1. The van der Waals surface area contributed by atoms with Gasteiger partial charge in [-0.25, -0.2) is 0 Å². The fourth-order valence-corrected chi connectivity index (χ4v) is 2.00. The van der Waals surface area contributed by atoms with E-state index in [1.165, 1.54) is 0 Å². The maximum absolute atomic E-state index is 12.0. The van der Waals surface area contributed by atoms with Crippen LogP contribution in [0.3, 0.4) is 0 Å². The zero-order valence-electron chi connectivity index (χ0n) is 11.5. The third-order valence-corrected chi connectivity index (χ3v) is 3.00. The van der Waals surface area contributed by atoms with Crippen LogP contribution in [-0.2, 0) is 22.4 Å². The minimum absolute atomic E-state index is 0.0956. The number of amides is 2. The van der Waals surface area contributed by atoms with Gasteiger partial charge < -0.3 is 16.8 Å². The van der Waals surface area contributed by atoms with Gasteiger partial charge in [0.2, 0.25) is 11.8 Å². The van der Waals surface area contributed by atoms with Crippen molar-refractivity contribution in [3.05, 3.63) is 59.7 Å². The van der Waals surface area contributed by atoms with Crippen LogP contribution in [0.1, 0.15) is 11.1 Å². The van der Waals surface area contributed by atoms with Crippen LogP contribution in [0.4, 0.5) is 11.4 Å². The molecule has 0 heterocycles. The molecule has 0 radical (unpaired) electrons. The molecule has 2 amide bonds. The second kappa shape index (κ2) is 6.56. The van der Waals surface area contributed by atoms with Gasteiger partial charge in [-0.3, -0.25) is 9.59 Å². The molecule has 0 unspecified atom stereocenters. The Hall–Kier alpha value is -2.82. The van der Waals surface area contributed by atoms with Crippen LogP contribution in [-0.4, -0.2) is 11.8 Å². The number of carbonyl (C=O) groups is 2. The number of anilines is 2. The Bertz CT molecular complexity index is 651. The van der Waals surface area contributed by atoms with Gasteiger partial charge in [0.1, 0.15) is 0 Å². The van der Waals surface area contributed by atoms with E-state index in [9.17, 15) is 9.59 Å². The van der Waals surface area contributed by atoms with Crippen molar-refractivity contribution in [1.82, 2.24) is 0 Å². The van der Waals surface area contributed by atoms with Crippen molar-refractivity contribution >= 4 is 23.2 Å². The van der Waals surface area contributed by atoms with Gasteiger partial charge in [0.15, 0.2) is 0 Å². The van der Waals surface area contributed by atoms with E-state index in [0.717, 1.165) is 5.56 Å². The monoisotopic (exact) mass is 283 g/mol. The summed E-state index contributed by atoms with van der Waals surface area (Å²) in [5.41, 5.74) is 13.6. The van der Waals surface area contributed by atoms with E-state index in [-0.39, 0.29) is 18.7 Å². The second-order valence-electron chi connectivity index (χ2n) is 4.77. The minimum atomic E-state index is -0.435. The fraction of sp³-hybridized carbons (Fsp3) is 0.125. The largest absolute Gasteiger partial charge is 0.399 e. The van der Waals surface area contributed by atoms with Crippen LogP contribution in [0.2, 0.25) is 0 Å². The number of hydrogen-bond donors (Lipinski definition) is 3. The molecule has 0 aromatic heterocycles. The van der Waals surface area contributed by atoms with Gasteiger partial charge in [0, 0.05) is 11.4 Å².